The van der Waals surface area contributed by atoms with Crippen LogP contribution in [0.15, 0.2) is 30.3 Å². The Morgan fingerprint density at radius 3 is 2.14 bits per heavy atom. The molecule has 0 radical (unpaired) electrons. The van der Waals surface area contributed by atoms with Crippen LogP contribution in [0.4, 0.5) is 4.39 Å². The Hall–Kier alpha value is -1.02. The Morgan fingerprint density at radius 1 is 1.03 bits per heavy atom. The summed E-state index contributed by atoms with van der Waals surface area (Å²) in [6.45, 7) is 12.2. The number of nitrogens with zero attached hydrogens (tertiary/aromatic N) is 2. The molecule has 1 aromatic rings. The van der Waals surface area contributed by atoms with Crippen LogP contribution >= 0.6 is 0 Å². The summed E-state index contributed by atoms with van der Waals surface area (Å²) in [5.74, 6) is 0.490. The molecule has 3 aliphatic rings. The maximum atomic E-state index is 12.2. The molecule has 7 heteroatoms. The third-order valence-electron chi connectivity index (χ3n) is 5.74. The van der Waals surface area contributed by atoms with E-state index in [1.54, 1.807) is 22.5 Å². The fourth-order valence-electron chi connectivity index (χ4n) is 3.82. The largest absolute Gasteiger partial charge is 0.314 e. The first kappa shape index (κ1) is 24.3. The van der Waals surface area contributed by atoms with Crippen LogP contribution in [-0.2, 0) is 10.0 Å². The van der Waals surface area contributed by atoms with Crippen LogP contribution in [0.5, 0.6) is 0 Å². The highest BCUT2D eigenvalue weighted by Gasteiger charge is 2.41. The quantitative estimate of drug-likeness (QED) is 0.801. The highest BCUT2D eigenvalue weighted by Crippen LogP contribution is 2.33. The molecule has 5 nitrogen and oxygen atoms in total. The van der Waals surface area contributed by atoms with Crippen molar-refractivity contribution in [1.29, 1.82) is 0 Å². The molecule has 2 heterocycles. The molecule has 0 bridgehead atoms. The predicted molar refractivity (Wildman–Crippen MR) is 118 cm³/mol. The van der Waals surface area contributed by atoms with E-state index in [-0.39, 0.29) is 11.1 Å². The molecule has 3 fully saturated rings. The van der Waals surface area contributed by atoms with Gasteiger partial charge in [0.1, 0.15) is 5.82 Å². The zero-order valence-electron chi connectivity index (χ0n) is 18.2. The molecule has 0 unspecified atom stereocenters. The Labute approximate surface area is 176 Å². The number of benzene rings is 1. The van der Waals surface area contributed by atoms with Gasteiger partial charge in [-0.15, -0.1) is 0 Å². The van der Waals surface area contributed by atoms with E-state index in [2.05, 4.69) is 17.1 Å². The molecule has 166 valence electrons. The number of hydrogen-bond donors (Lipinski definition) is 1. The lowest BCUT2D eigenvalue weighted by molar-refractivity contribution is 0.126. The molecule has 0 amide bonds. The fourth-order valence-corrected chi connectivity index (χ4v) is 5.70. The first-order valence-electron chi connectivity index (χ1n) is 11.1. The van der Waals surface area contributed by atoms with Crippen molar-refractivity contribution in [3.8, 4) is 0 Å². The van der Waals surface area contributed by atoms with E-state index in [0.29, 0.717) is 12.0 Å². The summed E-state index contributed by atoms with van der Waals surface area (Å²) in [7, 11) is -2.95. The van der Waals surface area contributed by atoms with Crippen LogP contribution in [0.3, 0.4) is 0 Å². The lowest BCUT2D eigenvalue weighted by Gasteiger charge is -2.39. The van der Waals surface area contributed by atoms with Crippen molar-refractivity contribution in [3.63, 3.8) is 0 Å². The third-order valence-corrected chi connectivity index (χ3v) is 8.14. The Bertz CT molecular complexity index is 675. The van der Waals surface area contributed by atoms with Gasteiger partial charge >= 0.3 is 0 Å². The molecule has 1 saturated carbocycles. The van der Waals surface area contributed by atoms with Crippen molar-refractivity contribution in [3.05, 3.63) is 36.1 Å². The van der Waals surface area contributed by atoms with Crippen molar-refractivity contribution < 1.29 is 12.8 Å². The van der Waals surface area contributed by atoms with E-state index < -0.39 is 10.0 Å². The van der Waals surface area contributed by atoms with Crippen molar-refractivity contribution in [2.24, 2.45) is 5.92 Å². The van der Waals surface area contributed by atoms with Gasteiger partial charge in [-0.05, 0) is 50.7 Å². The summed E-state index contributed by atoms with van der Waals surface area (Å²) >= 11 is 0. The average molecular weight is 428 g/mol. The predicted octanol–water partition coefficient (Wildman–Crippen LogP) is 3.34. The molecule has 1 aliphatic carbocycles. The monoisotopic (exact) mass is 427 g/mol. The second kappa shape index (κ2) is 12.0. The van der Waals surface area contributed by atoms with Crippen molar-refractivity contribution in [1.82, 2.24) is 14.5 Å². The number of nitrogens with one attached hydrogen (secondary N) is 1. The molecule has 29 heavy (non-hydrogen) atoms. The lowest BCUT2D eigenvalue weighted by atomic mass is 9.96. The maximum absolute atomic E-state index is 12.2. The molecule has 2 saturated heterocycles. The molecule has 1 atom stereocenters. The van der Waals surface area contributed by atoms with Gasteiger partial charge in [-0.25, -0.2) is 17.1 Å². The number of piperidine rings is 1. The van der Waals surface area contributed by atoms with E-state index in [1.807, 2.05) is 13.8 Å². The second-order valence-electron chi connectivity index (χ2n) is 7.93. The summed E-state index contributed by atoms with van der Waals surface area (Å²) in [6, 6.07) is 8.55. The smallest absolute Gasteiger partial charge is 0.216 e. The number of sulfonamides is 1. The Morgan fingerprint density at radius 2 is 1.66 bits per heavy atom. The molecule has 0 aromatic heterocycles. The van der Waals surface area contributed by atoms with Crippen LogP contribution in [0.1, 0.15) is 46.5 Å². The minimum Gasteiger partial charge on any atom is -0.314 e. The van der Waals surface area contributed by atoms with Crippen LogP contribution in [-0.4, -0.2) is 68.2 Å². The molecule has 1 aromatic carbocycles. The van der Waals surface area contributed by atoms with Gasteiger partial charge < -0.3 is 5.32 Å². The maximum Gasteiger partial charge on any atom is 0.216 e. The van der Waals surface area contributed by atoms with E-state index >= 15 is 0 Å². The zero-order valence-corrected chi connectivity index (χ0v) is 19.0. The topological polar surface area (TPSA) is 52.6 Å². The van der Waals surface area contributed by atoms with E-state index in [4.69, 9.17) is 0 Å². The second-order valence-corrected chi connectivity index (χ2v) is 10.1. The first-order valence-corrected chi connectivity index (χ1v) is 12.6. The average Bonchev–Trinajstić information content (AvgIpc) is 3.59. The van der Waals surface area contributed by atoms with Crippen molar-refractivity contribution in [2.45, 2.75) is 57.7 Å². The lowest BCUT2D eigenvalue weighted by Crippen LogP contribution is -2.52. The SMILES string of the molecule is CC.C[C@H]1CNCCN1CC1CCN(S(=O)(=O)C2CC2)CC1.Fc1ccccc1. The van der Waals surface area contributed by atoms with Crippen LogP contribution in [0.2, 0.25) is 0 Å². The van der Waals surface area contributed by atoms with Crippen LogP contribution < -0.4 is 5.32 Å². The summed E-state index contributed by atoms with van der Waals surface area (Å²) < 4.78 is 38.1. The van der Waals surface area contributed by atoms with Crippen LogP contribution in [0.25, 0.3) is 0 Å². The van der Waals surface area contributed by atoms with Crippen molar-refractivity contribution >= 4 is 10.0 Å². The minimum absolute atomic E-state index is 0.0489. The summed E-state index contributed by atoms with van der Waals surface area (Å²) in [4.78, 5) is 2.56. The molecular formula is C22H38FN3O2S. The van der Waals surface area contributed by atoms with Gasteiger partial charge in [0.15, 0.2) is 0 Å². The number of piperazine rings is 1. The summed E-state index contributed by atoms with van der Waals surface area (Å²) in [6.07, 6.45) is 3.81. The molecule has 1 N–H and O–H groups in total. The fraction of sp³-hybridized carbons (Fsp3) is 0.727. The third kappa shape index (κ3) is 7.63. The van der Waals surface area contributed by atoms with Gasteiger partial charge in [-0.3, -0.25) is 4.90 Å². The van der Waals surface area contributed by atoms with Gasteiger partial charge in [0.2, 0.25) is 10.0 Å². The van der Waals surface area contributed by atoms with E-state index in [9.17, 15) is 12.8 Å². The normalized spacial score (nSPS) is 24.1. The summed E-state index contributed by atoms with van der Waals surface area (Å²) in [5, 5.41) is 3.37. The number of hydrogen-bond acceptors (Lipinski definition) is 4. The Balaban J connectivity index is 0.000000280. The number of rotatable bonds is 4. The van der Waals surface area contributed by atoms with Gasteiger partial charge in [0.25, 0.3) is 0 Å². The zero-order chi connectivity index (χ0) is 21.3. The van der Waals surface area contributed by atoms with Crippen LogP contribution in [0, 0.1) is 11.7 Å². The Kier molecular flexibility index (Phi) is 10.0. The van der Waals surface area contributed by atoms with Gasteiger partial charge in [0.05, 0.1) is 5.25 Å². The van der Waals surface area contributed by atoms with E-state index in [0.717, 1.165) is 65.0 Å². The van der Waals surface area contributed by atoms with E-state index in [1.165, 1.54) is 12.1 Å². The summed E-state index contributed by atoms with van der Waals surface area (Å²) in [5.41, 5.74) is 0. The highest BCUT2D eigenvalue weighted by molar-refractivity contribution is 7.90. The molecular weight excluding hydrogens is 389 g/mol. The van der Waals surface area contributed by atoms with Crippen molar-refractivity contribution in [2.75, 3.05) is 39.3 Å². The van der Waals surface area contributed by atoms with Gasteiger partial charge in [-0.1, -0.05) is 32.0 Å². The molecule has 4 rings (SSSR count). The minimum atomic E-state index is -2.95. The number of halogens is 1. The first-order chi connectivity index (χ1) is 14.0. The highest BCUT2D eigenvalue weighted by atomic mass is 32.2. The van der Waals surface area contributed by atoms with Gasteiger partial charge in [-0.2, -0.15) is 0 Å². The van der Waals surface area contributed by atoms with Gasteiger partial charge in [0, 0.05) is 45.3 Å². The molecule has 2 aliphatic heterocycles. The standard InChI is InChI=1S/C14H27N3O2S.C6H5F.C2H6/c1-12-10-15-6-9-16(12)11-13-4-7-17(8-5-13)20(18,19)14-2-3-14;7-6-4-2-1-3-5-6;1-2/h12-15H,2-11H2,1H3;1-5H;1-2H3/t12-;;/m0../s1. The molecule has 0 spiro atoms.